The third-order valence-electron chi connectivity index (χ3n) is 4.19. The molecule has 108 valence electrons. The van der Waals surface area contributed by atoms with Crippen LogP contribution in [0.1, 0.15) is 32.6 Å². The Kier molecular flexibility index (Phi) is 4.42. The van der Waals surface area contributed by atoms with Crippen LogP contribution in [0, 0.1) is 17.8 Å². The Bertz CT molecular complexity index is 368. The number of fused-ring (bicyclic) bond motifs is 1. The number of oxime groups is 1. The molecule has 5 atom stereocenters. The van der Waals surface area contributed by atoms with Crippen molar-refractivity contribution >= 4 is 11.7 Å². The van der Waals surface area contributed by atoms with E-state index in [0.29, 0.717) is 12.8 Å². The lowest BCUT2D eigenvalue weighted by molar-refractivity contribution is -0.142. The maximum Gasteiger partial charge on any atom is 0.344 e. The van der Waals surface area contributed by atoms with Gasteiger partial charge in [-0.25, -0.2) is 4.79 Å². The van der Waals surface area contributed by atoms with Crippen LogP contribution in [-0.4, -0.2) is 45.8 Å². The number of carboxylic acid groups (broad SMARTS) is 1. The molecule has 6 heteroatoms. The lowest BCUT2D eigenvalue weighted by atomic mass is 9.73. The molecule has 5 unspecified atom stereocenters. The highest BCUT2D eigenvalue weighted by molar-refractivity contribution is 5.93. The fraction of sp³-hybridized carbons (Fsp3) is 0.846. The lowest BCUT2D eigenvalue weighted by Crippen LogP contribution is -2.38. The number of aliphatic hydroxyl groups is 2. The molecule has 6 nitrogen and oxygen atoms in total. The summed E-state index contributed by atoms with van der Waals surface area (Å²) in [5.74, 6) is -0.382. The predicted octanol–water partition coefficient (Wildman–Crippen LogP) is 0.622. The Morgan fingerprint density at radius 1 is 1.58 bits per heavy atom. The van der Waals surface area contributed by atoms with Gasteiger partial charge >= 0.3 is 5.97 Å². The predicted molar refractivity (Wildman–Crippen MR) is 67.6 cm³/mol. The SMILES string of the molecule is CC(O)CCC1CC2/C(=N\OCC(=O)O)CC2C1O. The molecule has 0 spiro atoms. The van der Waals surface area contributed by atoms with Crippen molar-refractivity contribution in [1.29, 1.82) is 0 Å². The zero-order valence-corrected chi connectivity index (χ0v) is 11.0. The number of hydrogen-bond donors (Lipinski definition) is 3. The highest BCUT2D eigenvalue weighted by Crippen LogP contribution is 2.49. The van der Waals surface area contributed by atoms with Gasteiger partial charge in [0.2, 0.25) is 6.61 Å². The van der Waals surface area contributed by atoms with Crippen molar-refractivity contribution in [2.45, 2.75) is 44.8 Å². The molecule has 0 heterocycles. The first-order valence-electron chi connectivity index (χ1n) is 6.75. The Balaban J connectivity index is 1.82. The second-order valence-electron chi connectivity index (χ2n) is 5.64. The Hall–Kier alpha value is -1.14. The van der Waals surface area contributed by atoms with E-state index < -0.39 is 12.6 Å². The van der Waals surface area contributed by atoms with E-state index in [2.05, 4.69) is 5.16 Å². The molecule has 2 saturated carbocycles. The Morgan fingerprint density at radius 3 is 2.95 bits per heavy atom. The minimum absolute atomic E-state index is 0.205. The number of carbonyl (C=O) groups is 1. The number of aliphatic hydroxyl groups excluding tert-OH is 2. The van der Waals surface area contributed by atoms with Crippen molar-refractivity contribution in [3.8, 4) is 0 Å². The average Bonchev–Trinajstić information content (AvgIpc) is 2.54. The maximum absolute atomic E-state index is 10.3. The molecule has 0 amide bonds. The van der Waals surface area contributed by atoms with E-state index in [9.17, 15) is 15.0 Å². The zero-order valence-electron chi connectivity index (χ0n) is 11.0. The summed E-state index contributed by atoms with van der Waals surface area (Å²) in [4.78, 5) is 15.1. The first kappa shape index (κ1) is 14.3. The summed E-state index contributed by atoms with van der Waals surface area (Å²) in [5.41, 5.74) is 0.866. The second-order valence-corrected chi connectivity index (χ2v) is 5.64. The standard InChI is InChI=1S/C13H21NO5/c1-7(15)2-3-8-4-9-10(13(8)18)5-11(9)14-19-6-12(16)17/h7-10,13,15,18H,2-6H2,1H3,(H,16,17)/b14-11-. The average molecular weight is 271 g/mol. The molecule has 0 aliphatic heterocycles. The van der Waals surface area contributed by atoms with Crippen LogP contribution in [-0.2, 0) is 9.63 Å². The third kappa shape index (κ3) is 3.25. The van der Waals surface area contributed by atoms with Crippen LogP contribution in [0.3, 0.4) is 0 Å². The van der Waals surface area contributed by atoms with Crippen molar-refractivity contribution in [2.75, 3.05) is 6.61 Å². The Morgan fingerprint density at radius 2 is 2.32 bits per heavy atom. The fourth-order valence-electron chi connectivity index (χ4n) is 3.13. The number of nitrogens with zero attached hydrogens (tertiary/aromatic N) is 1. The second kappa shape index (κ2) is 5.88. The van der Waals surface area contributed by atoms with Crippen molar-refractivity contribution in [3.05, 3.63) is 0 Å². The number of carboxylic acids is 1. The van der Waals surface area contributed by atoms with Gasteiger partial charge in [-0.15, -0.1) is 0 Å². The zero-order chi connectivity index (χ0) is 14.0. The van der Waals surface area contributed by atoms with E-state index >= 15 is 0 Å². The normalized spacial score (nSPS) is 36.7. The Labute approximate surface area is 112 Å². The van der Waals surface area contributed by atoms with E-state index in [1.54, 1.807) is 6.92 Å². The molecule has 19 heavy (non-hydrogen) atoms. The molecule has 0 bridgehead atoms. The molecule has 0 aromatic carbocycles. The van der Waals surface area contributed by atoms with E-state index in [1.807, 2.05) is 0 Å². The van der Waals surface area contributed by atoms with Gasteiger partial charge in [-0.3, -0.25) is 0 Å². The molecule has 2 rings (SSSR count). The van der Waals surface area contributed by atoms with Crippen molar-refractivity contribution in [2.24, 2.45) is 22.9 Å². The number of rotatable bonds is 6. The van der Waals surface area contributed by atoms with Crippen LogP contribution in [0.2, 0.25) is 0 Å². The van der Waals surface area contributed by atoms with Gasteiger partial charge in [0.25, 0.3) is 0 Å². The van der Waals surface area contributed by atoms with E-state index in [-0.39, 0.29) is 30.0 Å². The first-order valence-corrected chi connectivity index (χ1v) is 6.75. The summed E-state index contributed by atoms with van der Waals surface area (Å²) in [6, 6.07) is 0. The van der Waals surface area contributed by atoms with Crippen molar-refractivity contribution in [3.63, 3.8) is 0 Å². The van der Waals surface area contributed by atoms with Crippen LogP contribution in [0.4, 0.5) is 0 Å². The fourth-order valence-corrected chi connectivity index (χ4v) is 3.13. The molecular weight excluding hydrogens is 250 g/mol. The van der Waals surface area contributed by atoms with Crippen LogP contribution >= 0.6 is 0 Å². The molecule has 2 aliphatic rings. The molecule has 0 aromatic rings. The molecule has 0 aromatic heterocycles. The van der Waals surface area contributed by atoms with Crippen LogP contribution in [0.15, 0.2) is 5.16 Å². The maximum atomic E-state index is 10.3. The van der Waals surface area contributed by atoms with Gasteiger partial charge in [0, 0.05) is 5.92 Å². The van der Waals surface area contributed by atoms with Gasteiger partial charge in [-0.05, 0) is 44.4 Å². The molecule has 0 saturated heterocycles. The summed E-state index contributed by atoms with van der Waals surface area (Å²) >= 11 is 0. The van der Waals surface area contributed by atoms with E-state index in [1.165, 1.54) is 0 Å². The molecule has 2 fully saturated rings. The lowest BCUT2D eigenvalue weighted by Gasteiger charge is -2.33. The third-order valence-corrected chi connectivity index (χ3v) is 4.19. The minimum Gasteiger partial charge on any atom is -0.479 e. The topological polar surface area (TPSA) is 99.4 Å². The summed E-state index contributed by atoms with van der Waals surface area (Å²) in [5, 5.41) is 31.7. The van der Waals surface area contributed by atoms with Gasteiger partial charge < -0.3 is 20.2 Å². The van der Waals surface area contributed by atoms with Gasteiger partial charge in [0.1, 0.15) is 0 Å². The summed E-state index contributed by atoms with van der Waals surface area (Å²) in [6.45, 7) is 1.33. The van der Waals surface area contributed by atoms with Crippen molar-refractivity contribution < 1.29 is 25.0 Å². The van der Waals surface area contributed by atoms with Gasteiger partial charge in [0.15, 0.2) is 0 Å². The summed E-state index contributed by atoms with van der Waals surface area (Å²) in [7, 11) is 0. The summed E-state index contributed by atoms with van der Waals surface area (Å²) in [6.07, 6.45) is 2.39. The van der Waals surface area contributed by atoms with Gasteiger partial charge in [-0.2, -0.15) is 0 Å². The first-order chi connectivity index (χ1) is 8.99. The van der Waals surface area contributed by atoms with Gasteiger partial charge in [-0.1, -0.05) is 5.16 Å². The molecule has 0 radical (unpaired) electrons. The monoisotopic (exact) mass is 271 g/mol. The van der Waals surface area contributed by atoms with Gasteiger partial charge in [0.05, 0.1) is 17.9 Å². The summed E-state index contributed by atoms with van der Waals surface area (Å²) < 4.78 is 0. The van der Waals surface area contributed by atoms with Crippen LogP contribution < -0.4 is 0 Å². The van der Waals surface area contributed by atoms with E-state index in [4.69, 9.17) is 9.94 Å². The number of hydrogen-bond acceptors (Lipinski definition) is 5. The molecule has 2 aliphatic carbocycles. The largest absolute Gasteiger partial charge is 0.479 e. The smallest absolute Gasteiger partial charge is 0.344 e. The molecule has 3 N–H and O–H groups in total. The molecular formula is C13H21NO5. The van der Waals surface area contributed by atoms with E-state index in [0.717, 1.165) is 18.6 Å². The van der Waals surface area contributed by atoms with Crippen molar-refractivity contribution in [1.82, 2.24) is 0 Å². The highest BCUT2D eigenvalue weighted by atomic mass is 16.6. The quantitative estimate of drug-likeness (QED) is 0.615. The number of aliphatic carboxylic acids is 1. The van der Waals surface area contributed by atoms with Crippen LogP contribution in [0.25, 0.3) is 0 Å². The minimum atomic E-state index is -1.04. The van der Waals surface area contributed by atoms with Crippen LogP contribution in [0.5, 0.6) is 0 Å². The highest BCUT2D eigenvalue weighted by Gasteiger charge is 2.51.